The van der Waals surface area contributed by atoms with Crippen molar-refractivity contribution in [3.05, 3.63) is 53.5 Å². The summed E-state index contributed by atoms with van der Waals surface area (Å²) < 4.78 is 10.8. The number of aryl methyl sites for hydroxylation is 2. The average molecular weight is 287 g/mol. The van der Waals surface area contributed by atoms with E-state index in [4.69, 9.17) is 9.15 Å². The topological polar surface area (TPSA) is 51.5 Å². The summed E-state index contributed by atoms with van der Waals surface area (Å²) in [6.07, 6.45) is 1.07. The molecule has 0 aliphatic rings. The predicted octanol–water partition coefficient (Wildman–Crippen LogP) is 3.41. The summed E-state index contributed by atoms with van der Waals surface area (Å²) in [6, 6.07) is 11.4. The highest BCUT2D eigenvalue weighted by molar-refractivity contribution is 5.76. The fourth-order valence-electron chi connectivity index (χ4n) is 2.23. The number of para-hydroxylation sites is 1. The van der Waals surface area contributed by atoms with Crippen molar-refractivity contribution in [1.82, 2.24) is 5.32 Å². The van der Waals surface area contributed by atoms with E-state index in [1.807, 2.05) is 50.2 Å². The summed E-state index contributed by atoms with van der Waals surface area (Å²) >= 11 is 0. The first-order valence-corrected chi connectivity index (χ1v) is 7.07. The second-order valence-corrected chi connectivity index (χ2v) is 5.05. The number of carbonyl (C=O) groups is 1. The van der Waals surface area contributed by atoms with Gasteiger partial charge in [0.1, 0.15) is 17.3 Å². The Labute approximate surface area is 125 Å². The molecule has 4 nitrogen and oxygen atoms in total. The van der Waals surface area contributed by atoms with Crippen LogP contribution < -0.4 is 10.1 Å². The molecule has 21 heavy (non-hydrogen) atoms. The number of hydrogen-bond acceptors (Lipinski definition) is 3. The van der Waals surface area contributed by atoms with Gasteiger partial charge in [-0.25, -0.2) is 0 Å². The van der Waals surface area contributed by atoms with Gasteiger partial charge in [-0.05, 0) is 44.0 Å². The van der Waals surface area contributed by atoms with Gasteiger partial charge in [0.05, 0.1) is 13.2 Å². The van der Waals surface area contributed by atoms with Gasteiger partial charge in [0, 0.05) is 6.42 Å². The van der Waals surface area contributed by atoms with E-state index in [0.29, 0.717) is 12.8 Å². The second kappa shape index (κ2) is 6.97. The number of hydrogen-bond donors (Lipinski definition) is 1. The van der Waals surface area contributed by atoms with E-state index in [9.17, 15) is 4.79 Å². The van der Waals surface area contributed by atoms with Gasteiger partial charge >= 0.3 is 0 Å². The van der Waals surface area contributed by atoms with Crippen LogP contribution in [0.15, 0.2) is 40.8 Å². The van der Waals surface area contributed by atoms with E-state index in [-0.39, 0.29) is 11.9 Å². The normalized spacial score (nSPS) is 12.0. The summed E-state index contributed by atoms with van der Waals surface area (Å²) in [5.74, 6) is 2.45. The van der Waals surface area contributed by atoms with Crippen LogP contribution in [-0.2, 0) is 11.2 Å². The number of carbonyl (C=O) groups excluding carboxylic acids is 1. The van der Waals surface area contributed by atoms with Gasteiger partial charge in [-0.1, -0.05) is 18.2 Å². The molecule has 1 aromatic heterocycles. The van der Waals surface area contributed by atoms with Gasteiger partial charge in [0.2, 0.25) is 5.91 Å². The number of amides is 1. The van der Waals surface area contributed by atoms with Crippen LogP contribution in [0.2, 0.25) is 0 Å². The maximum absolute atomic E-state index is 12.0. The fraction of sp³-hybridized carbons (Fsp3) is 0.353. The molecule has 2 rings (SSSR count). The average Bonchev–Trinajstić information content (AvgIpc) is 2.92. The van der Waals surface area contributed by atoms with E-state index in [1.54, 1.807) is 7.11 Å². The van der Waals surface area contributed by atoms with Crippen LogP contribution in [0.25, 0.3) is 0 Å². The molecule has 0 spiro atoms. The Hall–Kier alpha value is -2.23. The third kappa shape index (κ3) is 4.12. The SMILES string of the molecule is COc1ccccc1CCC(=O)NC(C)c1ccc(C)o1. The Bertz CT molecular complexity index is 604. The molecule has 0 bridgehead atoms. The molecule has 0 radical (unpaired) electrons. The Morgan fingerprint density at radius 1 is 1.29 bits per heavy atom. The molecule has 1 heterocycles. The first-order chi connectivity index (χ1) is 10.1. The lowest BCUT2D eigenvalue weighted by molar-refractivity contribution is -0.121. The zero-order valence-corrected chi connectivity index (χ0v) is 12.7. The Kier molecular flexibility index (Phi) is 5.04. The van der Waals surface area contributed by atoms with E-state index in [1.165, 1.54) is 0 Å². The Morgan fingerprint density at radius 3 is 2.71 bits per heavy atom. The van der Waals surface area contributed by atoms with Crippen molar-refractivity contribution in [2.75, 3.05) is 7.11 Å². The predicted molar refractivity (Wildman–Crippen MR) is 81.3 cm³/mol. The first kappa shape index (κ1) is 15.2. The molecule has 0 fully saturated rings. The van der Waals surface area contributed by atoms with Crippen LogP contribution >= 0.6 is 0 Å². The number of ether oxygens (including phenoxy) is 1. The van der Waals surface area contributed by atoms with Crippen LogP contribution in [0.4, 0.5) is 0 Å². The summed E-state index contributed by atoms with van der Waals surface area (Å²) in [4.78, 5) is 12.0. The smallest absolute Gasteiger partial charge is 0.220 e. The van der Waals surface area contributed by atoms with Gasteiger partial charge in [-0.15, -0.1) is 0 Å². The molecular weight excluding hydrogens is 266 g/mol. The maximum Gasteiger partial charge on any atom is 0.220 e. The lowest BCUT2D eigenvalue weighted by atomic mass is 10.1. The molecule has 1 atom stereocenters. The molecule has 1 N–H and O–H groups in total. The molecule has 1 unspecified atom stereocenters. The first-order valence-electron chi connectivity index (χ1n) is 7.07. The highest BCUT2D eigenvalue weighted by atomic mass is 16.5. The van der Waals surface area contributed by atoms with Crippen LogP contribution in [0.3, 0.4) is 0 Å². The van der Waals surface area contributed by atoms with Crippen LogP contribution in [0.1, 0.15) is 36.5 Å². The van der Waals surface area contributed by atoms with Crippen LogP contribution in [0.5, 0.6) is 5.75 Å². The van der Waals surface area contributed by atoms with Crippen molar-refractivity contribution in [2.45, 2.75) is 32.7 Å². The molecule has 0 saturated carbocycles. The number of benzene rings is 1. The number of methoxy groups -OCH3 is 1. The monoisotopic (exact) mass is 287 g/mol. The minimum atomic E-state index is -0.121. The molecular formula is C17H21NO3. The summed E-state index contributed by atoms with van der Waals surface area (Å²) in [5.41, 5.74) is 1.04. The highest BCUT2D eigenvalue weighted by Gasteiger charge is 2.13. The minimum Gasteiger partial charge on any atom is -0.496 e. The molecule has 0 aliphatic heterocycles. The van der Waals surface area contributed by atoms with Gasteiger partial charge in [-0.3, -0.25) is 4.79 Å². The molecule has 1 amide bonds. The quantitative estimate of drug-likeness (QED) is 0.885. The van der Waals surface area contributed by atoms with Crippen molar-refractivity contribution in [1.29, 1.82) is 0 Å². The fourth-order valence-corrected chi connectivity index (χ4v) is 2.23. The van der Waals surface area contributed by atoms with Crippen molar-refractivity contribution < 1.29 is 13.9 Å². The standard InChI is InChI=1S/C17H21NO3/c1-12-8-10-15(21-12)13(2)18-17(19)11-9-14-6-4-5-7-16(14)20-3/h4-8,10,13H,9,11H2,1-3H3,(H,18,19). The maximum atomic E-state index is 12.0. The number of nitrogens with one attached hydrogen (secondary N) is 1. The van der Waals surface area contributed by atoms with E-state index in [0.717, 1.165) is 22.8 Å². The van der Waals surface area contributed by atoms with Crippen LogP contribution in [0, 0.1) is 6.92 Å². The zero-order valence-electron chi connectivity index (χ0n) is 12.7. The van der Waals surface area contributed by atoms with E-state index < -0.39 is 0 Å². The lowest BCUT2D eigenvalue weighted by Gasteiger charge is -2.12. The Morgan fingerprint density at radius 2 is 2.05 bits per heavy atom. The zero-order chi connectivity index (χ0) is 15.2. The molecule has 0 aliphatic carbocycles. The largest absolute Gasteiger partial charge is 0.496 e. The molecule has 4 heteroatoms. The molecule has 0 saturated heterocycles. The highest BCUT2D eigenvalue weighted by Crippen LogP contribution is 2.19. The van der Waals surface area contributed by atoms with Gasteiger partial charge in [-0.2, -0.15) is 0 Å². The van der Waals surface area contributed by atoms with Crippen molar-refractivity contribution in [3.63, 3.8) is 0 Å². The van der Waals surface area contributed by atoms with E-state index in [2.05, 4.69) is 5.32 Å². The van der Waals surface area contributed by atoms with Gasteiger partial charge < -0.3 is 14.5 Å². The lowest BCUT2D eigenvalue weighted by Crippen LogP contribution is -2.26. The Balaban J connectivity index is 1.87. The summed E-state index contributed by atoms with van der Waals surface area (Å²) in [6.45, 7) is 3.80. The van der Waals surface area contributed by atoms with Crippen LogP contribution in [-0.4, -0.2) is 13.0 Å². The van der Waals surface area contributed by atoms with Crippen molar-refractivity contribution in [2.24, 2.45) is 0 Å². The number of furan rings is 1. The minimum absolute atomic E-state index is 0.00228. The third-order valence-corrected chi connectivity index (χ3v) is 3.38. The molecule has 112 valence electrons. The van der Waals surface area contributed by atoms with Crippen molar-refractivity contribution in [3.8, 4) is 5.75 Å². The van der Waals surface area contributed by atoms with Crippen molar-refractivity contribution >= 4 is 5.91 Å². The summed E-state index contributed by atoms with van der Waals surface area (Å²) in [5, 5.41) is 2.94. The number of rotatable bonds is 6. The molecule has 1 aromatic carbocycles. The van der Waals surface area contributed by atoms with Gasteiger partial charge in [0.25, 0.3) is 0 Å². The third-order valence-electron chi connectivity index (χ3n) is 3.38. The summed E-state index contributed by atoms with van der Waals surface area (Å²) in [7, 11) is 1.64. The second-order valence-electron chi connectivity index (χ2n) is 5.05. The van der Waals surface area contributed by atoms with Gasteiger partial charge in [0.15, 0.2) is 0 Å². The molecule has 2 aromatic rings. The van der Waals surface area contributed by atoms with E-state index >= 15 is 0 Å².